The number of aliphatic imine (C=N–C) groups is 1. The third-order valence-corrected chi connectivity index (χ3v) is 4.29. The van der Waals surface area contributed by atoms with Crippen LogP contribution >= 0.6 is 0 Å². The average Bonchev–Trinajstić information content (AvgIpc) is 3.02. The Hall–Kier alpha value is -1.51. The molecule has 8 heteroatoms. The van der Waals surface area contributed by atoms with E-state index in [0.29, 0.717) is 5.70 Å². The first-order valence-corrected chi connectivity index (χ1v) is 7.84. The monoisotopic (exact) mass is 326 g/mol. The third kappa shape index (κ3) is 2.86. The van der Waals surface area contributed by atoms with Crippen LogP contribution in [0, 0.1) is 5.92 Å². The number of nitrogens with two attached hydrogens (primary N) is 1. The smallest absolute Gasteiger partial charge is 0.182 e. The van der Waals surface area contributed by atoms with Crippen LogP contribution in [-0.2, 0) is 9.47 Å². The first-order chi connectivity index (χ1) is 10.9. The maximum Gasteiger partial charge on any atom is 0.182 e. The van der Waals surface area contributed by atoms with Gasteiger partial charge in [-0.05, 0) is 26.8 Å². The van der Waals surface area contributed by atoms with Gasteiger partial charge < -0.3 is 20.3 Å². The molecule has 0 spiro atoms. The van der Waals surface area contributed by atoms with Crippen LogP contribution in [0.15, 0.2) is 21.9 Å². The summed E-state index contributed by atoms with van der Waals surface area (Å²) in [6.45, 7) is 5.52. The number of dihydropyridines is 1. The van der Waals surface area contributed by atoms with Gasteiger partial charge in [0.15, 0.2) is 18.6 Å². The summed E-state index contributed by atoms with van der Waals surface area (Å²) in [5.74, 6) is -0.198. The van der Waals surface area contributed by atoms with Crippen LogP contribution < -0.4 is 5.73 Å². The topological polar surface area (TPSA) is 92.7 Å². The van der Waals surface area contributed by atoms with Gasteiger partial charge in [0.05, 0.1) is 18.1 Å². The molecule has 0 aromatic carbocycles. The number of halogens is 1. The number of fused-ring (bicyclic) bond motifs is 1. The largest absolute Gasteiger partial charge is 0.401 e. The first-order valence-electron chi connectivity index (χ1n) is 7.84. The Bertz CT molecular complexity index is 539. The van der Waals surface area contributed by atoms with E-state index in [4.69, 9.17) is 15.2 Å². The summed E-state index contributed by atoms with van der Waals surface area (Å²) in [5.41, 5.74) is 6.54. The molecule has 3 unspecified atom stereocenters. The molecular formula is C15H23FN4O3. The molecular weight excluding hydrogens is 303 g/mol. The fraction of sp³-hybridized carbons (Fsp3) is 0.733. The van der Waals surface area contributed by atoms with Gasteiger partial charge in [-0.25, -0.2) is 9.40 Å². The Morgan fingerprint density at radius 2 is 2.17 bits per heavy atom. The van der Waals surface area contributed by atoms with Crippen LogP contribution in [0.5, 0.6) is 0 Å². The molecule has 3 heterocycles. The Morgan fingerprint density at radius 3 is 2.87 bits per heavy atom. The number of hydrogen-bond acceptors (Lipinski definition) is 7. The average molecular weight is 326 g/mol. The SMILES string of the molecule is CC(C)OC(C)[C@H]1O[C@@H](N2N=CC3C(N)=CC=NC32)[C@H](F)[C@@H]1O. The van der Waals surface area contributed by atoms with E-state index in [1.54, 1.807) is 25.4 Å². The van der Waals surface area contributed by atoms with Gasteiger partial charge in [-0.2, -0.15) is 5.10 Å². The van der Waals surface area contributed by atoms with Gasteiger partial charge in [-0.15, -0.1) is 0 Å². The van der Waals surface area contributed by atoms with Crippen molar-refractivity contribution in [2.45, 2.75) is 63.8 Å². The van der Waals surface area contributed by atoms with E-state index in [0.717, 1.165) is 0 Å². The van der Waals surface area contributed by atoms with Crippen molar-refractivity contribution in [2.24, 2.45) is 21.7 Å². The highest BCUT2D eigenvalue weighted by Crippen LogP contribution is 2.35. The molecule has 0 aromatic heterocycles. The van der Waals surface area contributed by atoms with E-state index < -0.39 is 36.9 Å². The van der Waals surface area contributed by atoms with E-state index in [9.17, 15) is 9.50 Å². The van der Waals surface area contributed by atoms with Gasteiger partial charge in [0.2, 0.25) is 0 Å². The lowest BCUT2D eigenvalue weighted by atomic mass is 10.0. The molecule has 128 valence electrons. The number of nitrogens with zero attached hydrogens (tertiary/aromatic N) is 3. The maximum atomic E-state index is 14.6. The van der Waals surface area contributed by atoms with Crippen LogP contribution in [0.25, 0.3) is 0 Å². The summed E-state index contributed by atoms with van der Waals surface area (Å²) in [6.07, 6.45) is -0.634. The minimum atomic E-state index is -1.60. The van der Waals surface area contributed by atoms with Crippen LogP contribution in [-0.4, -0.2) is 65.5 Å². The number of alkyl halides is 1. The molecule has 1 fully saturated rings. The Balaban J connectivity index is 1.73. The summed E-state index contributed by atoms with van der Waals surface area (Å²) < 4.78 is 26.0. The highest BCUT2D eigenvalue weighted by molar-refractivity contribution is 5.79. The van der Waals surface area contributed by atoms with E-state index in [-0.39, 0.29) is 12.0 Å². The lowest BCUT2D eigenvalue weighted by Gasteiger charge is -2.31. The Morgan fingerprint density at radius 1 is 1.43 bits per heavy atom. The number of rotatable bonds is 4. The Kier molecular flexibility index (Phi) is 4.39. The van der Waals surface area contributed by atoms with Gasteiger partial charge in [0.1, 0.15) is 12.2 Å². The number of aliphatic hydroxyl groups excluding tert-OH is 1. The second kappa shape index (κ2) is 6.18. The fourth-order valence-corrected chi connectivity index (χ4v) is 3.19. The van der Waals surface area contributed by atoms with Crippen molar-refractivity contribution in [1.29, 1.82) is 0 Å². The predicted molar refractivity (Wildman–Crippen MR) is 83.6 cm³/mol. The Labute approximate surface area is 134 Å². The van der Waals surface area contributed by atoms with Crippen molar-refractivity contribution in [3.05, 3.63) is 11.8 Å². The van der Waals surface area contributed by atoms with Crippen molar-refractivity contribution < 1.29 is 19.0 Å². The second-order valence-electron chi connectivity index (χ2n) is 6.36. The first kappa shape index (κ1) is 16.4. The zero-order chi connectivity index (χ0) is 16.7. The van der Waals surface area contributed by atoms with E-state index in [1.807, 2.05) is 13.8 Å². The van der Waals surface area contributed by atoms with Crippen LogP contribution in [0.2, 0.25) is 0 Å². The summed E-state index contributed by atoms with van der Waals surface area (Å²) in [6, 6.07) is 0. The predicted octanol–water partition coefficient (Wildman–Crippen LogP) is 0.394. The minimum absolute atomic E-state index is 0.0417. The van der Waals surface area contributed by atoms with Crippen molar-refractivity contribution in [3.8, 4) is 0 Å². The van der Waals surface area contributed by atoms with Gasteiger partial charge >= 0.3 is 0 Å². The zero-order valence-corrected chi connectivity index (χ0v) is 13.4. The van der Waals surface area contributed by atoms with E-state index in [1.165, 1.54) is 5.01 Å². The molecule has 7 nitrogen and oxygen atoms in total. The second-order valence-corrected chi connectivity index (χ2v) is 6.36. The molecule has 3 aliphatic rings. The molecule has 0 aliphatic carbocycles. The van der Waals surface area contributed by atoms with Crippen LogP contribution in [0.4, 0.5) is 4.39 Å². The standard InChI is InChI=1S/C15H23FN4O3/c1-7(2)22-8(3)13-12(21)11(16)15(23-13)20-14-9(6-19-20)10(17)4-5-18-14/h4-9,11-15,21H,17H2,1-3H3/t8?,9?,11-,12+,13-,14?,15-/m1/s1. The van der Waals surface area contributed by atoms with Crippen LogP contribution in [0.1, 0.15) is 20.8 Å². The zero-order valence-electron chi connectivity index (χ0n) is 13.4. The van der Waals surface area contributed by atoms with Crippen molar-refractivity contribution in [3.63, 3.8) is 0 Å². The molecule has 3 aliphatic heterocycles. The molecule has 3 N–H and O–H groups in total. The third-order valence-electron chi connectivity index (χ3n) is 4.29. The summed E-state index contributed by atoms with van der Waals surface area (Å²) in [5, 5.41) is 15.8. The summed E-state index contributed by atoms with van der Waals surface area (Å²) in [4.78, 5) is 4.31. The molecule has 0 amide bonds. The summed E-state index contributed by atoms with van der Waals surface area (Å²) in [7, 11) is 0. The highest BCUT2D eigenvalue weighted by atomic mass is 19.1. The minimum Gasteiger partial charge on any atom is -0.401 e. The normalized spacial score (nSPS) is 40.6. The lowest BCUT2D eigenvalue weighted by Crippen LogP contribution is -2.45. The molecule has 0 bridgehead atoms. The number of aliphatic hydroxyl groups is 1. The molecule has 7 atom stereocenters. The van der Waals surface area contributed by atoms with Crippen molar-refractivity contribution in [1.82, 2.24) is 5.01 Å². The van der Waals surface area contributed by atoms with Gasteiger partial charge in [-0.3, -0.25) is 4.99 Å². The molecule has 0 radical (unpaired) electrons. The molecule has 3 rings (SSSR count). The van der Waals surface area contributed by atoms with Crippen LogP contribution in [0.3, 0.4) is 0 Å². The fourth-order valence-electron chi connectivity index (χ4n) is 3.19. The quantitative estimate of drug-likeness (QED) is 0.780. The number of ether oxygens (including phenoxy) is 2. The molecule has 1 saturated heterocycles. The molecule has 0 aromatic rings. The number of hydrogen-bond donors (Lipinski definition) is 2. The number of hydrazone groups is 1. The van der Waals surface area contributed by atoms with Crippen molar-refractivity contribution >= 4 is 12.4 Å². The molecule has 23 heavy (non-hydrogen) atoms. The maximum absolute atomic E-state index is 14.6. The van der Waals surface area contributed by atoms with Gasteiger partial charge in [0, 0.05) is 18.1 Å². The lowest BCUT2D eigenvalue weighted by molar-refractivity contribution is -0.137. The summed E-state index contributed by atoms with van der Waals surface area (Å²) >= 11 is 0. The van der Waals surface area contributed by atoms with Gasteiger partial charge in [-0.1, -0.05) is 0 Å². The number of allylic oxidation sites excluding steroid dienone is 1. The highest BCUT2D eigenvalue weighted by Gasteiger charge is 2.52. The van der Waals surface area contributed by atoms with Crippen molar-refractivity contribution in [2.75, 3.05) is 0 Å². The van der Waals surface area contributed by atoms with E-state index in [2.05, 4.69) is 10.1 Å². The van der Waals surface area contributed by atoms with E-state index >= 15 is 0 Å². The molecule has 0 saturated carbocycles. The van der Waals surface area contributed by atoms with Gasteiger partial charge in [0.25, 0.3) is 0 Å².